The van der Waals surface area contributed by atoms with E-state index in [1.165, 1.54) is 0 Å². The zero-order chi connectivity index (χ0) is 31.7. The zero-order valence-electron chi connectivity index (χ0n) is 25.4. The average Bonchev–Trinajstić information content (AvgIpc) is 3.72. The summed E-state index contributed by atoms with van der Waals surface area (Å²) in [5, 5.41) is 17.3. The SMILES string of the molecule is Cc1nn(-c2ccnc(N)n2)c2cc(C#CC(C)(O)c3cn(C(c4ccccc4)(c4ccccc4)c4ccccc4)cn3)ccc12. The van der Waals surface area contributed by atoms with Gasteiger partial charge in [0.25, 0.3) is 0 Å². The Hall–Kier alpha value is -6.04. The molecule has 1 unspecified atom stereocenters. The van der Waals surface area contributed by atoms with Crippen molar-refractivity contribution >= 4 is 16.9 Å². The third-order valence-corrected chi connectivity index (χ3v) is 8.24. The molecule has 0 fully saturated rings. The number of fused-ring (bicyclic) bond motifs is 1. The number of imidazole rings is 1. The number of hydrogen-bond donors (Lipinski definition) is 2. The van der Waals surface area contributed by atoms with Crippen LogP contribution in [-0.2, 0) is 11.1 Å². The predicted octanol–water partition coefficient (Wildman–Crippen LogP) is 6.00. The highest BCUT2D eigenvalue weighted by Crippen LogP contribution is 2.41. The number of nitrogen functional groups attached to an aromatic ring is 1. The number of aromatic nitrogens is 6. The van der Waals surface area contributed by atoms with Crippen molar-refractivity contribution in [3.63, 3.8) is 0 Å². The van der Waals surface area contributed by atoms with Gasteiger partial charge in [0.15, 0.2) is 11.4 Å². The Morgan fingerprint density at radius 3 is 1.98 bits per heavy atom. The molecule has 0 amide bonds. The van der Waals surface area contributed by atoms with E-state index in [9.17, 15) is 5.11 Å². The standard InChI is InChI=1S/C38H31N7O/c1-27-32-19-18-28(24-33(32)45(43-27)35-21-23-40-36(39)42-35)20-22-37(2,46)34-25-44(26-41-34)38(29-12-6-3-7-13-29,30-14-8-4-9-15-30)31-16-10-5-11-17-31/h3-19,21,23-26,46H,1-2H3,(H2,39,40,42). The minimum atomic E-state index is -1.55. The Kier molecular flexibility index (Phi) is 7.16. The molecule has 0 saturated heterocycles. The lowest BCUT2D eigenvalue weighted by molar-refractivity contribution is 0.117. The highest BCUT2D eigenvalue weighted by molar-refractivity contribution is 5.84. The largest absolute Gasteiger partial charge is 0.372 e. The van der Waals surface area contributed by atoms with Crippen LogP contribution >= 0.6 is 0 Å². The van der Waals surface area contributed by atoms with Crippen LogP contribution in [0.5, 0.6) is 0 Å². The van der Waals surface area contributed by atoms with Crippen molar-refractivity contribution in [3.8, 4) is 17.7 Å². The number of benzene rings is 4. The Balaban J connectivity index is 1.31. The number of aliphatic hydroxyl groups is 1. The third kappa shape index (κ3) is 4.99. The molecule has 8 nitrogen and oxygen atoms in total. The van der Waals surface area contributed by atoms with Gasteiger partial charge in [0.05, 0.1) is 17.5 Å². The number of aryl methyl sites for hydroxylation is 1. The van der Waals surface area contributed by atoms with Gasteiger partial charge in [0, 0.05) is 29.4 Å². The van der Waals surface area contributed by atoms with Crippen molar-refractivity contribution in [1.82, 2.24) is 29.3 Å². The number of rotatable bonds is 6. The van der Waals surface area contributed by atoms with Gasteiger partial charge in [0.1, 0.15) is 11.2 Å². The molecule has 4 aromatic carbocycles. The first-order valence-corrected chi connectivity index (χ1v) is 14.9. The Morgan fingerprint density at radius 2 is 1.39 bits per heavy atom. The van der Waals surface area contributed by atoms with Crippen molar-refractivity contribution < 1.29 is 5.11 Å². The van der Waals surface area contributed by atoms with E-state index in [0.717, 1.165) is 33.3 Å². The highest BCUT2D eigenvalue weighted by atomic mass is 16.3. The fraction of sp³-hybridized carbons (Fsp3) is 0.105. The number of hydrogen-bond acceptors (Lipinski definition) is 6. The first kappa shape index (κ1) is 28.7. The second-order valence-corrected chi connectivity index (χ2v) is 11.3. The van der Waals surface area contributed by atoms with Gasteiger partial charge in [-0.05, 0) is 48.7 Å². The summed E-state index contributed by atoms with van der Waals surface area (Å²) in [5.74, 6) is 6.97. The molecular weight excluding hydrogens is 570 g/mol. The van der Waals surface area contributed by atoms with Crippen LogP contribution in [0.15, 0.2) is 134 Å². The smallest absolute Gasteiger partial charge is 0.221 e. The maximum absolute atomic E-state index is 11.7. The minimum Gasteiger partial charge on any atom is -0.372 e. The second-order valence-electron chi connectivity index (χ2n) is 11.3. The molecule has 3 heterocycles. The average molecular weight is 602 g/mol. The maximum Gasteiger partial charge on any atom is 0.221 e. The summed E-state index contributed by atoms with van der Waals surface area (Å²) >= 11 is 0. The number of nitrogens with two attached hydrogens (primary N) is 1. The van der Waals surface area contributed by atoms with Crippen molar-refractivity contribution in [1.29, 1.82) is 0 Å². The summed E-state index contributed by atoms with van der Waals surface area (Å²) in [6.45, 7) is 3.61. The normalized spacial score (nSPS) is 12.8. The predicted molar refractivity (Wildman–Crippen MR) is 179 cm³/mol. The summed E-state index contributed by atoms with van der Waals surface area (Å²) in [5.41, 5.74) is 9.55. The van der Waals surface area contributed by atoms with Crippen LogP contribution in [0.25, 0.3) is 16.7 Å². The fourth-order valence-corrected chi connectivity index (χ4v) is 6.01. The lowest BCUT2D eigenvalue weighted by atomic mass is 9.76. The third-order valence-electron chi connectivity index (χ3n) is 8.24. The summed E-state index contributed by atoms with van der Waals surface area (Å²) in [7, 11) is 0. The quantitative estimate of drug-likeness (QED) is 0.179. The van der Waals surface area contributed by atoms with Crippen molar-refractivity contribution in [2.75, 3.05) is 5.73 Å². The Morgan fingerprint density at radius 1 is 0.783 bits per heavy atom. The van der Waals surface area contributed by atoms with E-state index in [4.69, 9.17) is 10.7 Å². The molecule has 1 atom stereocenters. The van der Waals surface area contributed by atoms with E-state index in [0.29, 0.717) is 17.1 Å². The maximum atomic E-state index is 11.7. The summed E-state index contributed by atoms with van der Waals surface area (Å²) < 4.78 is 3.79. The molecule has 0 spiro atoms. The highest BCUT2D eigenvalue weighted by Gasteiger charge is 2.39. The van der Waals surface area contributed by atoms with E-state index in [1.54, 1.807) is 30.2 Å². The Labute approximate surface area is 266 Å². The molecule has 8 heteroatoms. The van der Waals surface area contributed by atoms with Crippen molar-refractivity contribution in [2.45, 2.75) is 25.0 Å². The van der Waals surface area contributed by atoms with Crippen molar-refractivity contribution in [2.24, 2.45) is 0 Å². The molecule has 3 aromatic heterocycles. The molecule has 7 rings (SSSR count). The summed E-state index contributed by atoms with van der Waals surface area (Å²) in [6, 6.07) is 38.6. The van der Waals surface area contributed by atoms with Gasteiger partial charge in [-0.2, -0.15) is 10.1 Å². The van der Waals surface area contributed by atoms with Gasteiger partial charge in [-0.15, -0.1) is 0 Å². The van der Waals surface area contributed by atoms with Gasteiger partial charge in [-0.25, -0.2) is 14.6 Å². The summed E-state index contributed by atoms with van der Waals surface area (Å²) in [6.07, 6.45) is 5.27. The lowest BCUT2D eigenvalue weighted by Gasteiger charge is -2.37. The zero-order valence-corrected chi connectivity index (χ0v) is 25.4. The van der Waals surface area contributed by atoms with Crippen LogP contribution in [-0.4, -0.2) is 34.4 Å². The van der Waals surface area contributed by atoms with Crippen LogP contribution in [0.4, 0.5) is 5.95 Å². The van der Waals surface area contributed by atoms with Crippen LogP contribution in [0.2, 0.25) is 0 Å². The molecule has 46 heavy (non-hydrogen) atoms. The monoisotopic (exact) mass is 601 g/mol. The van der Waals surface area contributed by atoms with Crippen molar-refractivity contribution in [3.05, 3.63) is 168 Å². The van der Waals surface area contributed by atoms with Gasteiger partial charge in [0.2, 0.25) is 5.95 Å². The van der Waals surface area contributed by atoms with Gasteiger partial charge < -0.3 is 15.4 Å². The first-order valence-electron chi connectivity index (χ1n) is 14.9. The topological polar surface area (TPSA) is 108 Å². The molecule has 0 aliphatic carbocycles. The molecule has 3 N–H and O–H groups in total. The van der Waals surface area contributed by atoms with Gasteiger partial charge in [-0.1, -0.05) is 103 Å². The fourth-order valence-electron chi connectivity index (χ4n) is 6.01. The Bertz CT molecular complexity index is 2110. The lowest BCUT2D eigenvalue weighted by Crippen LogP contribution is -2.37. The van der Waals surface area contributed by atoms with E-state index in [-0.39, 0.29) is 5.95 Å². The van der Waals surface area contributed by atoms with E-state index in [1.807, 2.05) is 85.9 Å². The molecular formula is C38H31N7O. The van der Waals surface area contributed by atoms with Crippen LogP contribution < -0.4 is 5.73 Å². The van der Waals surface area contributed by atoms with Crippen LogP contribution in [0.3, 0.4) is 0 Å². The van der Waals surface area contributed by atoms with Crippen LogP contribution in [0.1, 0.15) is 40.6 Å². The molecule has 0 radical (unpaired) electrons. The molecule has 7 aromatic rings. The van der Waals surface area contributed by atoms with E-state index < -0.39 is 11.1 Å². The number of nitrogens with zero attached hydrogens (tertiary/aromatic N) is 6. The molecule has 224 valence electrons. The van der Waals surface area contributed by atoms with Gasteiger partial charge >= 0.3 is 0 Å². The minimum absolute atomic E-state index is 0.168. The molecule has 0 saturated carbocycles. The van der Waals surface area contributed by atoms with E-state index in [2.05, 4.69) is 67.9 Å². The van der Waals surface area contributed by atoms with Gasteiger partial charge in [-0.3, -0.25) is 0 Å². The number of anilines is 1. The second kappa shape index (κ2) is 11.5. The summed E-state index contributed by atoms with van der Waals surface area (Å²) in [4.78, 5) is 13.0. The molecule has 0 aliphatic heterocycles. The van der Waals surface area contributed by atoms with E-state index >= 15 is 0 Å². The molecule has 0 aliphatic rings. The molecule has 0 bridgehead atoms. The van der Waals surface area contributed by atoms with Crippen LogP contribution in [0, 0.1) is 18.8 Å². The first-order chi connectivity index (χ1) is 22.4.